The molecule has 2 heterocycles. The van der Waals surface area contributed by atoms with Gasteiger partial charge in [0, 0.05) is 18.1 Å². The van der Waals surface area contributed by atoms with Crippen LogP contribution in [0, 0.1) is 0 Å². The number of carbonyl (C=O) groups is 1. The Bertz CT molecular complexity index is 589. The van der Waals surface area contributed by atoms with Crippen LogP contribution in [0.1, 0.15) is 16.2 Å². The molecule has 2 rings (SSSR count). The molecule has 0 bridgehead atoms. The van der Waals surface area contributed by atoms with Gasteiger partial charge in [-0.2, -0.15) is 0 Å². The number of anilines is 1. The van der Waals surface area contributed by atoms with E-state index in [9.17, 15) is 9.59 Å². The minimum atomic E-state index is -0.336. The van der Waals surface area contributed by atoms with E-state index < -0.39 is 0 Å². The van der Waals surface area contributed by atoms with E-state index in [1.807, 2.05) is 0 Å². The predicted octanol–water partition coefficient (Wildman–Crippen LogP) is 0.198. The molecule has 0 atom stereocenters. The average molecular weight is 265 g/mol. The summed E-state index contributed by atoms with van der Waals surface area (Å²) in [5.41, 5.74) is 0.893. The number of nitrogens with zero attached hydrogens (tertiary/aromatic N) is 2. The molecule has 0 fully saturated rings. The molecule has 0 spiro atoms. The van der Waals surface area contributed by atoms with Crippen molar-refractivity contribution in [3.63, 3.8) is 0 Å². The van der Waals surface area contributed by atoms with Gasteiger partial charge in [-0.25, -0.2) is 9.97 Å². The van der Waals surface area contributed by atoms with Gasteiger partial charge in [0.1, 0.15) is 11.5 Å². The Labute approximate surface area is 106 Å². The quantitative estimate of drug-likeness (QED) is 0.733. The number of thiazole rings is 1. The Kier molecular flexibility index (Phi) is 3.68. The third-order valence-electron chi connectivity index (χ3n) is 2.15. The largest absolute Gasteiger partial charge is 0.372 e. The van der Waals surface area contributed by atoms with Crippen LogP contribution in [0.5, 0.6) is 0 Å². The van der Waals surface area contributed by atoms with Gasteiger partial charge in [0.15, 0.2) is 0 Å². The lowest BCUT2D eigenvalue weighted by atomic mass is 10.4. The van der Waals surface area contributed by atoms with E-state index in [0.717, 1.165) is 11.3 Å². The number of hydrogen-bond acceptors (Lipinski definition) is 6. The van der Waals surface area contributed by atoms with Crippen molar-refractivity contribution in [3.05, 3.63) is 38.8 Å². The summed E-state index contributed by atoms with van der Waals surface area (Å²) in [4.78, 5) is 33.0. The fourth-order valence-corrected chi connectivity index (χ4v) is 1.82. The average Bonchev–Trinajstić information content (AvgIpc) is 2.82. The molecule has 0 saturated carbocycles. The van der Waals surface area contributed by atoms with Crippen molar-refractivity contribution in [1.29, 1.82) is 0 Å². The SMILES string of the molecule is CNc1cnc(C(=O)NCc2csc(=O)[nH]2)cn1. The lowest BCUT2D eigenvalue weighted by Gasteiger charge is -2.03. The van der Waals surface area contributed by atoms with Gasteiger partial charge in [0.2, 0.25) is 0 Å². The van der Waals surface area contributed by atoms with Crippen LogP contribution in [-0.4, -0.2) is 27.9 Å². The van der Waals surface area contributed by atoms with E-state index in [1.165, 1.54) is 12.4 Å². The number of nitrogens with one attached hydrogen (secondary N) is 3. The summed E-state index contributed by atoms with van der Waals surface area (Å²) in [6.07, 6.45) is 2.86. The Morgan fingerprint density at radius 3 is 2.83 bits per heavy atom. The van der Waals surface area contributed by atoms with Crippen molar-refractivity contribution in [2.24, 2.45) is 0 Å². The number of aromatic nitrogens is 3. The first kappa shape index (κ1) is 12.2. The molecule has 0 saturated heterocycles. The van der Waals surface area contributed by atoms with Gasteiger partial charge in [0.25, 0.3) is 5.91 Å². The van der Waals surface area contributed by atoms with Crippen molar-refractivity contribution >= 4 is 23.1 Å². The highest BCUT2D eigenvalue weighted by molar-refractivity contribution is 7.07. The van der Waals surface area contributed by atoms with Crippen LogP contribution in [-0.2, 0) is 6.54 Å². The van der Waals surface area contributed by atoms with E-state index in [2.05, 4.69) is 25.6 Å². The zero-order valence-corrected chi connectivity index (χ0v) is 10.4. The monoisotopic (exact) mass is 265 g/mol. The second kappa shape index (κ2) is 5.41. The van der Waals surface area contributed by atoms with Gasteiger partial charge < -0.3 is 15.6 Å². The molecule has 3 N–H and O–H groups in total. The highest BCUT2D eigenvalue weighted by Crippen LogP contribution is 2.00. The summed E-state index contributed by atoms with van der Waals surface area (Å²) in [5.74, 6) is 0.255. The fourth-order valence-electron chi connectivity index (χ4n) is 1.24. The number of H-pyrrole nitrogens is 1. The molecule has 0 aliphatic carbocycles. The number of amides is 1. The highest BCUT2D eigenvalue weighted by Gasteiger charge is 2.07. The first-order valence-corrected chi connectivity index (χ1v) is 6.01. The van der Waals surface area contributed by atoms with E-state index in [1.54, 1.807) is 12.4 Å². The molecule has 8 heteroatoms. The van der Waals surface area contributed by atoms with Crippen LogP contribution in [0.3, 0.4) is 0 Å². The molecule has 0 unspecified atom stereocenters. The molecular weight excluding hydrogens is 254 g/mol. The predicted molar refractivity (Wildman–Crippen MR) is 67.7 cm³/mol. The molecule has 0 aromatic carbocycles. The summed E-state index contributed by atoms with van der Waals surface area (Å²) in [7, 11) is 1.72. The van der Waals surface area contributed by atoms with E-state index >= 15 is 0 Å². The number of hydrogen-bond donors (Lipinski definition) is 3. The van der Waals surface area contributed by atoms with Gasteiger partial charge >= 0.3 is 4.87 Å². The Balaban J connectivity index is 1.96. The van der Waals surface area contributed by atoms with Gasteiger partial charge in [0.05, 0.1) is 18.9 Å². The van der Waals surface area contributed by atoms with Crippen LogP contribution >= 0.6 is 11.3 Å². The third-order valence-corrected chi connectivity index (χ3v) is 2.87. The third kappa shape index (κ3) is 2.92. The van der Waals surface area contributed by atoms with Gasteiger partial charge in [-0.15, -0.1) is 0 Å². The Morgan fingerprint density at radius 1 is 1.44 bits per heavy atom. The van der Waals surface area contributed by atoms with Gasteiger partial charge in [-0.1, -0.05) is 11.3 Å². The minimum Gasteiger partial charge on any atom is -0.372 e. The molecular formula is C10H11N5O2S. The van der Waals surface area contributed by atoms with Gasteiger partial charge in [-0.3, -0.25) is 9.59 Å². The smallest absolute Gasteiger partial charge is 0.304 e. The van der Waals surface area contributed by atoms with Crippen molar-refractivity contribution in [3.8, 4) is 0 Å². The molecule has 2 aromatic heterocycles. The molecule has 7 nitrogen and oxygen atoms in total. The summed E-state index contributed by atoms with van der Waals surface area (Å²) >= 11 is 1.06. The lowest BCUT2D eigenvalue weighted by molar-refractivity contribution is 0.0945. The molecule has 0 aliphatic rings. The van der Waals surface area contributed by atoms with Crippen molar-refractivity contribution in [1.82, 2.24) is 20.3 Å². The molecule has 2 aromatic rings. The topological polar surface area (TPSA) is 99.8 Å². The summed E-state index contributed by atoms with van der Waals surface area (Å²) in [5, 5.41) is 7.12. The maximum absolute atomic E-state index is 11.7. The molecule has 94 valence electrons. The Morgan fingerprint density at radius 2 is 2.28 bits per heavy atom. The normalized spacial score (nSPS) is 10.1. The van der Waals surface area contributed by atoms with Crippen molar-refractivity contribution < 1.29 is 4.79 Å². The van der Waals surface area contributed by atoms with E-state index in [4.69, 9.17) is 0 Å². The highest BCUT2D eigenvalue weighted by atomic mass is 32.1. The maximum atomic E-state index is 11.7. The second-order valence-electron chi connectivity index (χ2n) is 3.39. The van der Waals surface area contributed by atoms with Crippen LogP contribution in [0.25, 0.3) is 0 Å². The Hall–Kier alpha value is -2.22. The first-order chi connectivity index (χ1) is 8.69. The van der Waals surface area contributed by atoms with Crippen LogP contribution in [0.2, 0.25) is 0 Å². The zero-order valence-electron chi connectivity index (χ0n) is 9.56. The molecule has 18 heavy (non-hydrogen) atoms. The first-order valence-electron chi connectivity index (χ1n) is 5.13. The fraction of sp³-hybridized carbons (Fsp3) is 0.200. The van der Waals surface area contributed by atoms with Crippen LogP contribution in [0.15, 0.2) is 22.6 Å². The zero-order chi connectivity index (χ0) is 13.0. The minimum absolute atomic E-state index is 0.141. The molecule has 1 amide bonds. The van der Waals surface area contributed by atoms with E-state index in [-0.39, 0.29) is 23.0 Å². The number of carbonyl (C=O) groups excluding carboxylic acids is 1. The molecule has 0 aliphatic heterocycles. The standard InChI is InChI=1S/C10H11N5O2S/c1-11-8-4-12-7(3-13-8)9(16)14-2-6-5-18-10(17)15-6/h3-5H,2H2,1H3,(H,11,13)(H,14,16)(H,15,17). The van der Waals surface area contributed by atoms with Crippen LogP contribution < -0.4 is 15.5 Å². The summed E-state index contributed by atoms with van der Waals surface area (Å²) < 4.78 is 0. The van der Waals surface area contributed by atoms with Crippen molar-refractivity contribution in [2.75, 3.05) is 12.4 Å². The molecule has 0 radical (unpaired) electrons. The lowest BCUT2D eigenvalue weighted by Crippen LogP contribution is -2.24. The van der Waals surface area contributed by atoms with E-state index in [0.29, 0.717) is 11.5 Å². The van der Waals surface area contributed by atoms with Gasteiger partial charge in [-0.05, 0) is 0 Å². The number of aromatic amines is 1. The number of rotatable bonds is 4. The van der Waals surface area contributed by atoms with Crippen molar-refractivity contribution in [2.45, 2.75) is 6.54 Å². The van der Waals surface area contributed by atoms with Crippen LogP contribution in [0.4, 0.5) is 5.82 Å². The maximum Gasteiger partial charge on any atom is 0.304 e. The second-order valence-corrected chi connectivity index (χ2v) is 4.24. The summed E-state index contributed by atoms with van der Waals surface area (Å²) in [6.45, 7) is 0.257. The summed E-state index contributed by atoms with van der Waals surface area (Å²) in [6, 6.07) is 0.